The van der Waals surface area contributed by atoms with Gasteiger partial charge in [-0.1, -0.05) is 31.9 Å². The normalized spacial score (nSPS) is 25.9. The summed E-state index contributed by atoms with van der Waals surface area (Å²) in [7, 11) is 1.28. The average molecular weight is 468 g/mol. The molecule has 182 valence electrons. The lowest BCUT2D eigenvalue weighted by molar-refractivity contribution is -0.151. The molecule has 2 N–H and O–H groups in total. The van der Waals surface area contributed by atoms with E-state index in [1.165, 1.54) is 19.2 Å². The highest BCUT2D eigenvalue weighted by molar-refractivity contribution is 6.12. The molecule has 1 aromatic rings. The van der Waals surface area contributed by atoms with Crippen LogP contribution in [0.3, 0.4) is 0 Å². The van der Waals surface area contributed by atoms with Crippen molar-refractivity contribution >= 4 is 17.7 Å². The Morgan fingerprint density at radius 3 is 2.32 bits per heavy atom. The zero-order chi connectivity index (χ0) is 24.4. The largest absolute Gasteiger partial charge is 0.508 e. The molecular weight excluding hydrogens is 434 g/mol. The number of dihydropyridines is 1. The molecule has 34 heavy (non-hydrogen) atoms. The number of Topliss-reactive ketones (excluding diaryl/α,β-unsaturated/α-hetero) is 1. The first-order chi connectivity index (χ1) is 16.3. The lowest BCUT2D eigenvalue weighted by Crippen LogP contribution is -2.43. The van der Waals surface area contributed by atoms with Gasteiger partial charge in [0, 0.05) is 22.9 Å². The highest BCUT2D eigenvalue weighted by Gasteiger charge is 2.47. The van der Waals surface area contributed by atoms with E-state index in [4.69, 9.17) is 9.47 Å². The van der Waals surface area contributed by atoms with Gasteiger partial charge in [0.25, 0.3) is 0 Å². The van der Waals surface area contributed by atoms with E-state index >= 15 is 0 Å². The van der Waals surface area contributed by atoms with Crippen LogP contribution in [-0.2, 0) is 23.9 Å². The predicted octanol–water partition coefficient (Wildman–Crippen LogP) is 4.27. The lowest BCUT2D eigenvalue weighted by Gasteiger charge is -2.38. The maximum atomic E-state index is 13.7. The number of allylic oxidation sites excluding steroid dienone is 3. The number of hydrogen-bond acceptors (Lipinski definition) is 7. The van der Waals surface area contributed by atoms with Gasteiger partial charge in [-0.15, -0.1) is 0 Å². The van der Waals surface area contributed by atoms with E-state index < -0.39 is 23.8 Å². The maximum absolute atomic E-state index is 13.7. The van der Waals surface area contributed by atoms with E-state index in [2.05, 4.69) is 5.32 Å². The van der Waals surface area contributed by atoms with Crippen molar-refractivity contribution in [2.45, 2.75) is 70.8 Å². The number of aromatic hydroxyl groups is 1. The molecule has 1 saturated carbocycles. The maximum Gasteiger partial charge on any atom is 0.337 e. The monoisotopic (exact) mass is 467 g/mol. The fourth-order valence-electron chi connectivity index (χ4n) is 5.53. The Balaban J connectivity index is 1.76. The van der Waals surface area contributed by atoms with Crippen LogP contribution in [0.1, 0.15) is 70.3 Å². The minimum Gasteiger partial charge on any atom is -0.508 e. The number of esters is 2. The first-order valence-electron chi connectivity index (χ1n) is 12.1. The second kappa shape index (κ2) is 10.0. The summed E-state index contributed by atoms with van der Waals surface area (Å²) in [5, 5.41) is 13.1. The number of benzene rings is 1. The van der Waals surface area contributed by atoms with Crippen molar-refractivity contribution < 1.29 is 29.0 Å². The highest BCUT2D eigenvalue weighted by Crippen LogP contribution is 2.45. The third-order valence-corrected chi connectivity index (χ3v) is 7.27. The van der Waals surface area contributed by atoms with Gasteiger partial charge < -0.3 is 19.9 Å². The molecule has 0 aromatic heterocycles. The molecule has 3 atom stereocenters. The van der Waals surface area contributed by atoms with Crippen molar-refractivity contribution in [3.05, 3.63) is 52.4 Å². The topological polar surface area (TPSA) is 102 Å². The number of ether oxygens (including phenoxy) is 2. The van der Waals surface area contributed by atoms with Crippen LogP contribution in [0.15, 0.2) is 46.8 Å². The van der Waals surface area contributed by atoms with Crippen LogP contribution in [0.4, 0.5) is 0 Å². The molecule has 7 heteroatoms. The van der Waals surface area contributed by atoms with Crippen LogP contribution in [0, 0.1) is 11.8 Å². The molecule has 1 aromatic carbocycles. The number of phenols is 1. The summed E-state index contributed by atoms with van der Waals surface area (Å²) in [5.74, 6) is -3.11. The summed E-state index contributed by atoms with van der Waals surface area (Å²) >= 11 is 0. The Bertz CT molecular complexity index is 1030. The smallest absolute Gasteiger partial charge is 0.337 e. The van der Waals surface area contributed by atoms with Gasteiger partial charge in [-0.25, -0.2) is 4.79 Å². The van der Waals surface area contributed by atoms with Crippen LogP contribution in [-0.4, -0.2) is 36.0 Å². The highest BCUT2D eigenvalue weighted by atomic mass is 16.5. The summed E-state index contributed by atoms with van der Waals surface area (Å²) in [6.07, 6.45) is 6.36. The SMILES string of the molecule is COC(=O)[C@@H]1C(=O)C2=C(C[C@H]1C)NC(C)=C(C(=O)OC1CCCCCC1)[C@H]2c1ccc(O)cc1. The molecule has 0 unspecified atom stereocenters. The van der Waals surface area contributed by atoms with Crippen LogP contribution in [0.2, 0.25) is 0 Å². The molecule has 3 aliphatic rings. The molecule has 4 rings (SSSR count). The molecule has 0 saturated heterocycles. The zero-order valence-electron chi connectivity index (χ0n) is 20.1. The zero-order valence-corrected chi connectivity index (χ0v) is 20.1. The fraction of sp³-hybridized carbons (Fsp3) is 0.519. The fourth-order valence-corrected chi connectivity index (χ4v) is 5.53. The van der Waals surface area contributed by atoms with Crippen molar-refractivity contribution in [1.82, 2.24) is 5.32 Å². The molecule has 0 radical (unpaired) electrons. The minimum atomic E-state index is -0.928. The van der Waals surface area contributed by atoms with Gasteiger partial charge in [-0.3, -0.25) is 9.59 Å². The number of methoxy groups -OCH3 is 1. The van der Waals surface area contributed by atoms with Gasteiger partial charge in [-0.05, 0) is 62.6 Å². The second-order valence-corrected chi connectivity index (χ2v) is 9.65. The Morgan fingerprint density at radius 1 is 1.06 bits per heavy atom. The summed E-state index contributed by atoms with van der Waals surface area (Å²) < 4.78 is 10.9. The first kappa shape index (κ1) is 24.0. The predicted molar refractivity (Wildman–Crippen MR) is 126 cm³/mol. The van der Waals surface area contributed by atoms with Crippen LogP contribution >= 0.6 is 0 Å². The number of hydrogen-bond donors (Lipinski definition) is 2. The Hall–Kier alpha value is -3.09. The summed E-state index contributed by atoms with van der Waals surface area (Å²) in [6, 6.07) is 6.49. The summed E-state index contributed by atoms with van der Waals surface area (Å²) in [5.41, 5.74) is 2.83. The van der Waals surface area contributed by atoms with Gasteiger partial charge in [-0.2, -0.15) is 0 Å². The van der Waals surface area contributed by atoms with Crippen molar-refractivity contribution in [1.29, 1.82) is 0 Å². The molecule has 1 heterocycles. The third-order valence-electron chi connectivity index (χ3n) is 7.27. The van der Waals surface area contributed by atoms with Gasteiger partial charge >= 0.3 is 11.9 Å². The van der Waals surface area contributed by atoms with Crippen LogP contribution in [0.5, 0.6) is 5.75 Å². The molecule has 0 bridgehead atoms. The van der Waals surface area contributed by atoms with Crippen molar-refractivity contribution in [3.8, 4) is 5.75 Å². The molecule has 7 nitrogen and oxygen atoms in total. The van der Waals surface area contributed by atoms with E-state index in [0.29, 0.717) is 28.8 Å². The van der Waals surface area contributed by atoms with Gasteiger partial charge in [0.1, 0.15) is 17.8 Å². The van der Waals surface area contributed by atoms with Gasteiger partial charge in [0.15, 0.2) is 5.78 Å². The Labute approximate surface area is 200 Å². The standard InChI is InChI=1S/C27H33NO6/c1-15-14-20-24(25(30)21(15)26(31)33-3)23(17-10-12-18(29)13-11-17)22(16(2)28-20)27(32)34-19-8-6-4-5-7-9-19/h10-13,15,19,21,23,28-29H,4-9,14H2,1-3H3/t15-,21+,23-/m1/s1. The van der Waals surface area contributed by atoms with Crippen LogP contribution < -0.4 is 5.32 Å². The second-order valence-electron chi connectivity index (χ2n) is 9.65. The lowest BCUT2D eigenvalue weighted by atomic mass is 9.69. The number of ketones is 1. The van der Waals surface area contributed by atoms with Gasteiger partial charge in [0.2, 0.25) is 0 Å². The number of carbonyl (C=O) groups excluding carboxylic acids is 3. The summed E-state index contributed by atoms with van der Waals surface area (Å²) in [6.45, 7) is 3.68. The number of phenolic OH excluding ortho intramolecular Hbond substituents is 1. The van der Waals surface area contributed by atoms with E-state index in [1.54, 1.807) is 12.1 Å². The molecular formula is C27H33NO6. The first-order valence-corrected chi connectivity index (χ1v) is 12.1. The molecule has 0 spiro atoms. The van der Waals surface area contributed by atoms with Gasteiger partial charge in [0.05, 0.1) is 12.7 Å². The van der Waals surface area contributed by atoms with Crippen LogP contribution in [0.25, 0.3) is 0 Å². The number of nitrogens with one attached hydrogen (secondary N) is 1. The third kappa shape index (κ3) is 4.61. The van der Waals surface area contributed by atoms with E-state index in [9.17, 15) is 19.5 Å². The summed E-state index contributed by atoms with van der Waals surface area (Å²) in [4.78, 5) is 39.8. The number of carbonyl (C=O) groups is 3. The van der Waals surface area contributed by atoms with Crippen molar-refractivity contribution in [3.63, 3.8) is 0 Å². The van der Waals surface area contributed by atoms with E-state index in [-0.39, 0.29) is 23.6 Å². The molecule has 1 fully saturated rings. The molecule has 0 amide bonds. The van der Waals surface area contributed by atoms with Crippen molar-refractivity contribution in [2.24, 2.45) is 11.8 Å². The Morgan fingerprint density at radius 2 is 1.71 bits per heavy atom. The van der Waals surface area contributed by atoms with E-state index in [1.807, 2.05) is 13.8 Å². The minimum absolute atomic E-state index is 0.0891. The van der Waals surface area contributed by atoms with Crippen molar-refractivity contribution in [2.75, 3.05) is 7.11 Å². The van der Waals surface area contributed by atoms with E-state index in [0.717, 1.165) is 44.2 Å². The number of rotatable bonds is 4. The quantitative estimate of drug-likeness (QED) is 0.387. The average Bonchev–Trinajstić information content (AvgIpc) is 3.07. The molecule has 1 aliphatic heterocycles. The molecule has 2 aliphatic carbocycles. The Kier molecular flexibility index (Phi) is 7.10.